The summed E-state index contributed by atoms with van der Waals surface area (Å²) in [6, 6.07) is 15.9. The summed E-state index contributed by atoms with van der Waals surface area (Å²) in [5.41, 5.74) is -5.85. The van der Waals surface area contributed by atoms with Crippen LogP contribution >= 0.6 is 0 Å². The van der Waals surface area contributed by atoms with Crippen molar-refractivity contribution in [2.45, 2.75) is 69.7 Å². The molecular formula is C34H36O11. The van der Waals surface area contributed by atoms with Gasteiger partial charge in [-0.1, -0.05) is 50.2 Å². The largest absolute Gasteiger partial charge is 0.481 e. The summed E-state index contributed by atoms with van der Waals surface area (Å²) < 4.78 is 17.6. The molecule has 0 saturated heterocycles. The van der Waals surface area contributed by atoms with Crippen molar-refractivity contribution in [1.82, 2.24) is 0 Å². The number of rotatable bonds is 5. The number of ether oxygens (including phenoxy) is 3. The molecule has 0 bridgehead atoms. The first kappa shape index (κ1) is 30.9. The number of esters is 3. The zero-order chi connectivity index (χ0) is 32.5. The van der Waals surface area contributed by atoms with E-state index in [1.807, 2.05) is 0 Å². The second-order valence-electron chi connectivity index (χ2n) is 13.2. The first-order valence-electron chi connectivity index (χ1n) is 15.0. The third-order valence-electron chi connectivity index (χ3n) is 11.1. The standard InChI is InChI=1S/C34H36O11/c1-18-21-16-24(36)45-33(21,41)17-22-25(18)26(43-28(37)19-10-6-4-7-11-19)27(44-29(38)20-12-8-5-9-13-20)34(42)31(22,2)15-14-23(35)32(34,3)30(39)40/h4-13,16,18,22-23,25-27,35,41-42H,14-15,17H2,1-3H3,(H,39,40)/t18-,22-,23+,25+,26-,27-,31-,32+,33+,34+/m1/s1. The Balaban J connectivity index is 1.59. The summed E-state index contributed by atoms with van der Waals surface area (Å²) in [6.07, 6.45) is -3.89. The van der Waals surface area contributed by atoms with E-state index < -0.39 is 82.2 Å². The Morgan fingerprint density at radius 3 is 2.02 bits per heavy atom. The molecular weight excluding hydrogens is 584 g/mol. The van der Waals surface area contributed by atoms with Crippen molar-refractivity contribution in [3.8, 4) is 0 Å². The number of hydrogen-bond acceptors (Lipinski definition) is 10. The van der Waals surface area contributed by atoms with E-state index in [1.165, 1.54) is 37.3 Å². The molecule has 6 rings (SSSR count). The number of fused-ring (bicyclic) bond motifs is 4. The molecule has 1 heterocycles. The Morgan fingerprint density at radius 1 is 0.911 bits per heavy atom. The molecule has 4 aliphatic rings. The minimum Gasteiger partial charge on any atom is -0.481 e. The molecule has 2 aromatic rings. The number of carboxylic acids is 1. The monoisotopic (exact) mass is 620 g/mol. The lowest BCUT2D eigenvalue weighted by molar-refractivity contribution is -0.339. The maximum Gasteiger partial charge on any atom is 0.338 e. The lowest BCUT2D eigenvalue weighted by Gasteiger charge is -2.69. The van der Waals surface area contributed by atoms with E-state index in [2.05, 4.69) is 0 Å². The van der Waals surface area contributed by atoms with E-state index in [-0.39, 0.29) is 36.0 Å². The molecule has 0 aromatic heterocycles. The third-order valence-corrected chi connectivity index (χ3v) is 11.1. The molecule has 0 amide bonds. The molecule has 0 spiro atoms. The van der Waals surface area contributed by atoms with Crippen LogP contribution in [0.25, 0.3) is 0 Å². The molecule has 45 heavy (non-hydrogen) atoms. The topological polar surface area (TPSA) is 177 Å². The first-order chi connectivity index (χ1) is 21.2. The molecule has 0 unspecified atom stereocenters. The van der Waals surface area contributed by atoms with E-state index in [9.17, 15) is 39.6 Å². The summed E-state index contributed by atoms with van der Waals surface area (Å²) in [7, 11) is 0. The molecule has 3 saturated carbocycles. The van der Waals surface area contributed by atoms with Gasteiger partial charge < -0.3 is 34.6 Å². The fourth-order valence-corrected chi connectivity index (χ4v) is 8.71. The normalized spacial score (nSPS) is 40.1. The average Bonchev–Trinajstić information content (AvgIpc) is 3.34. The number of hydrogen-bond donors (Lipinski definition) is 4. The van der Waals surface area contributed by atoms with Crippen LogP contribution in [0.4, 0.5) is 0 Å². The van der Waals surface area contributed by atoms with Gasteiger partial charge in [0, 0.05) is 29.4 Å². The maximum absolute atomic E-state index is 13.7. The molecule has 11 heteroatoms. The van der Waals surface area contributed by atoms with E-state index in [4.69, 9.17) is 14.2 Å². The van der Waals surface area contributed by atoms with Gasteiger partial charge in [0.05, 0.1) is 17.2 Å². The Hall–Kier alpha value is -4.06. The van der Waals surface area contributed by atoms with E-state index >= 15 is 0 Å². The van der Waals surface area contributed by atoms with Crippen LogP contribution in [-0.2, 0) is 23.8 Å². The Kier molecular flexibility index (Phi) is 7.22. The Labute approximate surface area is 259 Å². The lowest BCUT2D eigenvalue weighted by Crippen LogP contribution is -2.82. The van der Waals surface area contributed by atoms with Crippen molar-refractivity contribution in [3.05, 3.63) is 83.4 Å². The third kappa shape index (κ3) is 4.28. The van der Waals surface area contributed by atoms with Crippen molar-refractivity contribution in [2.75, 3.05) is 0 Å². The van der Waals surface area contributed by atoms with E-state index in [1.54, 1.807) is 50.2 Å². The highest BCUT2D eigenvalue weighted by molar-refractivity contribution is 5.91. The van der Waals surface area contributed by atoms with Crippen LogP contribution in [0, 0.1) is 28.6 Å². The average molecular weight is 621 g/mol. The van der Waals surface area contributed by atoms with Crippen LogP contribution in [-0.4, -0.2) is 74.0 Å². The Morgan fingerprint density at radius 2 is 1.47 bits per heavy atom. The van der Waals surface area contributed by atoms with Crippen LogP contribution in [0.3, 0.4) is 0 Å². The van der Waals surface area contributed by atoms with Gasteiger partial charge in [0.2, 0.25) is 5.79 Å². The van der Waals surface area contributed by atoms with Gasteiger partial charge in [-0.3, -0.25) is 4.79 Å². The minimum atomic E-state index is -2.56. The van der Waals surface area contributed by atoms with Gasteiger partial charge in [-0.25, -0.2) is 14.4 Å². The van der Waals surface area contributed by atoms with Crippen molar-refractivity contribution < 1.29 is 53.8 Å². The molecule has 238 valence electrons. The fraction of sp³-hybridized carbons (Fsp3) is 0.471. The first-order valence-corrected chi connectivity index (χ1v) is 15.0. The van der Waals surface area contributed by atoms with Gasteiger partial charge in [0.1, 0.15) is 17.1 Å². The summed E-state index contributed by atoms with van der Waals surface area (Å²) in [4.78, 5) is 53.0. The predicted octanol–water partition coefficient (Wildman–Crippen LogP) is 2.88. The van der Waals surface area contributed by atoms with Crippen molar-refractivity contribution in [3.63, 3.8) is 0 Å². The maximum atomic E-state index is 13.7. The fourth-order valence-electron chi connectivity index (χ4n) is 8.71. The lowest BCUT2D eigenvalue weighted by atomic mass is 9.38. The molecule has 2 aromatic carbocycles. The van der Waals surface area contributed by atoms with Gasteiger partial charge in [-0.2, -0.15) is 0 Å². The number of aliphatic hydroxyl groups excluding tert-OH is 1. The van der Waals surface area contributed by atoms with Crippen LogP contribution in [0.1, 0.15) is 60.7 Å². The molecule has 10 atom stereocenters. The molecule has 3 aliphatic carbocycles. The van der Waals surface area contributed by atoms with Crippen molar-refractivity contribution in [2.24, 2.45) is 28.6 Å². The summed E-state index contributed by atoms with van der Waals surface area (Å²) in [5, 5.41) is 46.7. The smallest absolute Gasteiger partial charge is 0.338 e. The van der Waals surface area contributed by atoms with Gasteiger partial charge in [-0.05, 0) is 55.9 Å². The predicted molar refractivity (Wildman–Crippen MR) is 155 cm³/mol. The number of aliphatic hydroxyl groups is 3. The zero-order valence-corrected chi connectivity index (χ0v) is 25.1. The van der Waals surface area contributed by atoms with E-state index in [0.717, 1.165) is 0 Å². The highest BCUT2D eigenvalue weighted by Gasteiger charge is 2.80. The summed E-state index contributed by atoms with van der Waals surface area (Å²) in [5.74, 6) is -8.41. The van der Waals surface area contributed by atoms with Gasteiger partial charge in [0.25, 0.3) is 0 Å². The Bertz CT molecular complexity index is 1570. The summed E-state index contributed by atoms with van der Waals surface area (Å²) >= 11 is 0. The van der Waals surface area contributed by atoms with E-state index in [0.29, 0.717) is 0 Å². The van der Waals surface area contributed by atoms with Crippen molar-refractivity contribution in [1.29, 1.82) is 0 Å². The molecule has 4 N–H and O–H groups in total. The second-order valence-corrected chi connectivity index (χ2v) is 13.2. The highest BCUT2D eigenvalue weighted by atomic mass is 16.7. The second kappa shape index (κ2) is 10.5. The van der Waals surface area contributed by atoms with Crippen molar-refractivity contribution >= 4 is 23.9 Å². The van der Waals surface area contributed by atoms with Gasteiger partial charge >= 0.3 is 23.9 Å². The number of carbonyl (C=O) groups is 4. The summed E-state index contributed by atoms with van der Waals surface area (Å²) in [6.45, 7) is 4.55. The van der Waals surface area contributed by atoms with Crippen LogP contribution in [0.2, 0.25) is 0 Å². The highest BCUT2D eigenvalue weighted by Crippen LogP contribution is 2.69. The number of carboxylic acid groups (broad SMARTS) is 1. The molecule has 3 fully saturated rings. The van der Waals surface area contributed by atoms with Crippen LogP contribution < -0.4 is 0 Å². The molecule has 0 radical (unpaired) electrons. The number of aliphatic carboxylic acids is 1. The van der Waals surface area contributed by atoms with Gasteiger partial charge in [-0.15, -0.1) is 0 Å². The van der Waals surface area contributed by atoms with Gasteiger partial charge in [0.15, 0.2) is 6.10 Å². The molecule has 11 nitrogen and oxygen atoms in total. The molecule has 1 aliphatic heterocycles. The number of carbonyl (C=O) groups excluding carboxylic acids is 3. The number of benzene rings is 2. The minimum absolute atomic E-state index is 0.0338. The van der Waals surface area contributed by atoms with Crippen LogP contribution in [0.5, 0.6) is 0 Å². The van der Waals surface area contributed by atoms with Crippen LogP contribution in [0.15, 0.2) is 72.3 Å². The quantitative estimate of drug-likeness (QED) is 0.286. The SMILES string of the molecule is C[C@@H]1C2=CC(=O)O[C@@]2(O)C[C@@H]2[C@H]1[C@@H](OC(=O)c1ccccc1)[C@@H](OC(=O)c1ccccc1)[C@]1(O)[C@]2(C)CC[C@H](O)[C@@]1(C)C(=O)O. The zero-order valence-electron chi connectivity index (χ0n) is 25.1.